The minimum atomic E-state index is -4.26. The third-order valence-electron chi connectivity index (χ3n) is 8.06. The molecule has 0 heterocycles. The van der Waals surface area contributed by atoms with Crippen LogP contribution in [0.3, 0.4) is 0 Å². The quantitative estimate of drug-likeness (QED) is 0.0300. The molecular weight excluding hydrogens is 639 g/mol. The summed E-state index contributed by atoms with van der Waals surface area (Å²) in [6.45, 7) is 3.74. The maximum atomic E-state index is 12.5. The second kappa shape index (κ2) is 35.8. The second-order valence-electron chi connectivity index (χ2n) is 12.7. The number of esters is 2. The Morgan fingerprint density at radius 1 is 0.592 bits per heavy atom. The topological polar surface area (TPSA) is 108 Å². The fourth-order valence-corrected chi connectivity index (χ4v) is 5.54. The second-order valence-corrected chi connectivity index (χ2v) is 14.2. The molecule has 0 saturated carbocycles. The third-order valence-corrected chi connectivity index (χ3v) is 8.99. The van der Waals surface area contributed by atoms with E-state index in [4.69, 9.17) is 14.0 Å². The Bertz CT molecular complexity index is 943. The van der Waals surface area contributed by atoms with Gasteiger partial charge in [0.25, 0.3) is 0 Å². The number of rotatable bonds is 35. The van der Waals surface area contributed by atoms with Crippen LogP contribution >= 0.6 is 7.82 Å². The van der Waals surface area contributed by atoms with Crippen molar-refractivity contribution >= 4 is 19.8 Å². The molecule has 0 aliphatic rings. The molecule has 0 aromatic rings. The van der Waals surface area contributed by atoms with Crippen LogP contribution in [0.15, 0.2) is 48.6 Å². The Labute approximate surface area is 299 Å². The molecule has 284 valence electrons. The number of unbranched alkanes of at least 4 members (excludes halogenated alkanes) is 16. The molecule has 0 fully saturated rings. The zero-order valence-corrected chi connectivity index (χ0v) is 32.2. The molecule has 0 saturated heterocycles. The Balaban J connectivity index is 4.10. The number of phosphoric ester groups is 1. The van der Waals surface area contributed by atoms with Gasteiger partial charge in [0, 0.05) is 20.0 Å². The van der Waals surface area contributed by atoms with Crippen LogP contribution in [0.25, 0.3) is 0 Å². The van der Waals surface area contributed by atoms with Crippen molar-refractivity contribution < 1.29 is 37.6 Å². The molecule has 2 atom stereocenters. The van der Waals surface area contributed by atoms with Crippen molar-refractivity contribution in [3.8, 4) is 0 Å². The van der Waals surface area contributed by atoms with E-state index in [9.17, 15) is 19.0 Å². The van der Waals surface area contributed by atoms with Crippen LogP contribution in [-0.2, 0) is 32.7 Å². The van der Waals surface area contributed by atoms with Crippen molar-refractivity contribution in [2.24, 2.45) is 0 Å². The van der Waals surface area contributed by atoms with Gasteiger partial charge in [0.1, 0.15) is 6.61 Å². The van der Waals surface area contributed by atoms with Crippen molar-refractivity contribution in [1.29, 1.82) is 0 Å². The monoisotopic (exact) mass is 710 g/mol. The molecule has 0 amide bonds. The molecule has 0 bridgehead atoms. The van der Waals surface area contributed by atoms with Crippen molar-refractivity contribution in [2.75, 3.05) is 20.3 Å². The van der Waals surface area contributed by atoms with Crippen molar-refractivity contribution in [3.63, 3.8) is 0 Å². The summed E-state index contributed by atoms with van der Waals surface area (Å²) in [5.41, 5.74) is 0. The summed E-state index contributed by atoms with van der Waals surface area (Å²) in [6.07, 6.45) is 41.6. The molecular formula is C40H71O8P. The number of ether oxygens (including phenoxy) is 2. The minimum Gasteiger partial charge on any atom is -0.462 e. The van der Waals surface area contributed by atoms with Crippen LogP contribution < -0.4 is 0 Å². The van der Waals surface area contributed by atoms with E-state index < -0.39 is 26.5 Å². The fourth-order valence-electron chi connectivity index (χ4n) is 5.08. The number of hydrogen-bond donors (Lipinski definition) is 1. The lowest BCUT2D eigenvalue weighted by atomic mass is 10.1. The Morgan fingerprint density at radius 3 is 1.57 bits per heavy atom. The van der Waals surface area contributed by atoms with Crippen LogP contribution in [0.5, 0.6) is 0 Å². The third kappa shape index (κ3) is 35.6. The molecule has 0 aliphatic heterocycles. The van der Waals surface area contributed by atoms with Crippen LogP contribution in [-0.4, -0.2) is 43.3 Å². The molecule has 0 aliphatic carbocycles. The van der Waals surface area contributed by atoms with E-state index in [1.54, 1.807) is 0 Å². The van der Waals surface area contributed by atoms with Gasteiger partial charge < -0.3 is 14.4 Å². The first-order valence-corrected chi connectivity index (χ1v) is 20.8. The first-order valence-electron chi connectivity index (χ1n) is 19.3. The summed E-state index contributed by atoms with van der Waals surface area (Å²) in [5, 5.41) is 0. The van der Waals surface area contributed by atoms with Crippen molar-refractivity contribution in [1.82, 2.24) is 0 Å². The maximum Gasteiger partial charge on any atom is 0.472 e. The number of allylic oxidation sites excluding steroid dienone is 8. The lowest BCUT2D eigenvalue weighted by Gasteiger charge is -2.19. The molecule has 2 unspecified atom stereocenters. The Hall–Kier alpha value is -1.99. The highest BCUT2D eigenvalue weighted by Crippen LogP contribution is 2.42. The smallest absolute Gasteiger partial charge is 0.462 e. The van der Waals surface area contributed by atoms with Gasteiger partial charge in [0.2, 0.25) is 0 Å². The van der Waals surface area contributed by atoms with E-state index in [2.05, 4.69) is 67.0 Å². The van der Waals surface area contributed by atoms with Crippen LogP contribution in [0, 0.1) is 0 Å². The molecule has 0 aromatic carbocycles. The van der Waals surface area contributed by atoms with E-state index in [1.807, 2.05) is 0 Å². The predicted molar refractivity (Wildman–Crippen MR) is 202 cm³/mol. The highest BCUT2D eigenvalue weighted by molar-refractivity contribution is 7.47. The van der Waals surface area contributed by atoms with Gasteiger partial charge in [-0.1, -0.05) is 133 Å². The highest BCUT2D eigenvalue weighted by atomic mass is 31.2. The van der Waals surface area contributed by atoms with Crippen LogP contribution in [0.2, 0.25) is 0 Å². The van der Waals surface area contributed by atoms with Gasteiger partial charge in [0.05, 0.1) is 6.61 Å². The lowest BCUT2D eigenvalue weighted by molar-refractivity contribution is -0.161. The predicted octanol–water partition coefficient (Wildman–Crippen LogP) is 11.8. The van der Waals surface area contributed by atoms with Crippen molar-refractivity contribution in [3.05, 3.63) is 48.6 Å². The molecule has 0 rings (SSSR count). The van der Waals surface area contributed by atoms with Gasteiger partial charge >= 0.3 is 19.8 Å². The van der Waals surface area contributed by atoms with Gasteiger partial charge in [-0.15, -0.1) is 0 Å². The standard InChI is InChI=1S/C40H71O8P/c1-4-6-8-10-12-14-16-18-20-22-24-26-28-30-32-34-39(41)46-36-38(37-47-49(43,44)45-3)48-40(42)35-33-31-29-27-25-23-21-19-17-15-13-11-9-7-5-2/h7,9,13,15,18-21,38H,4-6,8,10-12,14,16-17,22-37H2,1-3H3,(H,43,44)/b9-7-,15-13-,20-18-,21-19-. The largest absolute Gasteiger partial charge is 0.472 e. The summed E-state index contributed by atoms with van der Waals surface area (Å²) in [6, 6.07) is 0. The zero-order chi connectivity index (χ0) is 36.1. The molecule has 1 N–H and O–H groups in total. The van der Waals surface area contributed by atoms with Gasteiger partial charge in [-0.3, -0.25) is 18.6 Å². The fraction of sp³-hybridized carbons (Fsp3) is 0.750. The first kappa shape index (κ1) is 47.0. The normalized spacial score (nSPS) is 14.0. The maximum absolute atomic E-state index is 12.5. The summed E-state index contributed by atoms with van der Waals surface area (Å²) in [5.74, 6) is -0.836. The molecule has 8 nitrogen and oxygen atoms in total. The van der Waals surface area contributed by atoms with Crippen LogP contribution in [0.4, 0.5) is 0 Å². The zero-order valence-electron chi connectivity index (χ0n) is 31.3. The van der Waals surface area contributed by atoms with Gasteiger partial charge in [0.15, 0.2) is 6.10 Å². The number of carbonyl (C=O) groups excluding carboxylic acids is 2. The Kier molecular flexibility index (Phi) is 34.4. The van der Waals surface area contributed by atoms with E-state index in [1.165, 1.54) is 44.9 Å². The van der Waals surface area contributed by atoms with E-state index >= 15 is 0 Å². The average Bonchev–Trinajstić information content (AvgIpc) is 3.09. The van der Waals surface area contributed by atoms with Crippen molar-refractivity contribution in [2.45, 2.75) is 174 Å². The summed E-state index contributed by atoms with van der Waals surface area (Å²) >= 11 is 0. The summed E-state index contributed by atoms with van der Waals surface area (Å²) in [7, 11) is -3.21. The molecule has 0 aromatic heterocycles. The molecule has 0 spiro atoms. The lowest BCUT2D eigenvalue weighted by Crippen LogP contribution is -2.29. The number of carbonyl (C=O) groups is 2. The molecule has 9 heteroatoms. The molecule has 0 radical (unpaired) electrons. The first-order chi connectivity index (χ1) is 23.8. The SMILES string of the molecule is CC/C=C\C/C=C\C/C=C\CCCCCCCC(=O)OC(COC(=O)CCCCCCC/C=C\CCCCCCCC)COP(=O)(O)OC. The van der Waals surface area contributed by atoms with Gasteiger partial charge in [-0.05, 0) is 70.6 Å². The van der Waals surface area contributed by atoms with Gasteiger partial charge in [-0.2, -0.15) is 0 Å². The number of hydrogen-bond acceptors (Lipinski definition) is 7. The summed E-state index contributed by atoms with van der Waals surface area (Å²) < 4.78 is 31.9. The number of phosphoric acid groups is 1. The summed E-state index contributed by atoms with van der Waals surface area (Å²) in [4.78, 5) is 34.3. The highest BCUT2D eigenvalue weighted by Gasteiger charge is 2.24. The van der Waals surface area contributed by atoms with E-state index in [0.29, 0.717) is 6.42 Å². The van der Waals surface area contributed by atoms with E-state index in [-0.39, 0.29) is 25.4 Å². The Morgan fingerprint density at radius 2 is 1.04 bits per heavy atom. The van der Waals surface area contributed by atoms with Gasteiger partial charge in [-0.25, -0.2) is 4.57 Å². The van der Waals surface area contributed by atoms with Crippen LogP contribution in [0.1, 0.15) is 168 Å². The van der Waals surface area contributed by atoms with E-state index in [0.717, 1.165) is 97.0 Å². The minimum absolute atomic E-state index is 0.222. The average molecular weight is 711 g/mol. The molecule has 49 heavy (non-hydrogen) atoms.